The van der Waals surface area contributed by atoms with Crippen LogP contribution >= 0.6 is 0 Å². The molecule has 0 bridgehead atoms. The van der Waals surface area contributed by atoms with Crippen molar-refractivity contribution in [3.05, 3.63) is 41.7 Å². The van der Waals surface area contributed by atoms with Gasteiger partial charge in [-0.15, -0.1) is 0 Å². The molecule has 2 aromatic rings. The van der Waals surface area contributed by atoms with Crippen molar-refractivity contribution < 1.29 is 57.8 Å². The quantitative estimate of drug-likeness (QED) is 0.0538. The van der Waals surface area contributed by atoms with Crippen molar-refractivity contribution in [2.75, 3.05) is 13.3 Å². The molecule has 2 rings (SSSR count). The van der Waals surface area contributed by atoms with Crippen LogP contribution in [0.15, 0.2) is 34.7 Å². The number of furan rings is 1. The van der Waals surface area contributed by atoms with Crippen LogP contribution in [0, 0.1) is 11.3 Å². The van der Waals surface area contributed by atoms with Gasteiger partial charge in [-0.1, -0.05) is 39.2 Å². The van der Waals surface area contributed by atoms with Crippen LogP contribution in [0.1, 0.15) is 101 Å². The number of hydroxylamine groups is 2. The molecule has 0 unspecified atom stereocenters. The summed E-state index contributed by atoms with van der Waals surface area (Å²) in [6, 6.07) is 4.80. The second kappa shape index (κ2) is 19.7. The Labute approximate surface area is 296 Å². The number of hydrogen-bond donors (Lipinski definition) is 5. The molecular formula is C35H48N4O12. The van der Waals surface area contributed by atoms with Gasteiger partial charge in [0.1, 0.15) is 17.6 Å². The lowest BCUT2D eigenvalue weighted by atomic mass is 9.90. The van der Waals surface area contributed by atoms with Gasteiger partial charge in [-0.05, 0) is 64.8 Å². The van der Waals surface area contributed by atoms with E-state index in [1.54, 1.807) is 34.6 Å². The minimum Gasteiger partial charge on any atom is -0.493 e. The van der Waals surface area contributed by atoms with E-state index in [1.807, 2.05) is 6.92 Å². The number of ether oxygens (including phenoxy) is 1. The zero-order valence-corrected chi connectivity index (χ0v) is 29.8. The van der Waals surface area contributed by atoms with Crippen LogP contribution in [0.2, 0.25) is 0 Å². The van der Waals surface area contributed by atoms with Gasteiger partial charge in [0.05, 0.1) is 42.6 Å². The van der Waals surface area contributed by atoms with Gasteiger partial charge in [0.25, 0.3) is 11.8 Å². The summed E-state index contributed by atoms with van der Waals surface area (Å²) in [5, 5.41) is 26.6. The first-order valence-electron chi connectivity index (χ1n) is 16.7. The molecule has 0 aliphatic heterocycles. The Morgan fingerprint density at radius 3 is 2.24 bits per heavy atom. The summed E-state index contributed by atoms with van der Waals surface area (Å²) < 4.78 is 11.3. The molecule has 0 radical (unpaired) electrons. The summed E-state index contributed by atoms with van der Waals surface area (Å²) in [7, 11) is 0. The highest BCUT2D eigenvalue weighted by molar-refractivity contribution is 6.00. The second-order valence-corrected chi connectivity index (χ2v) is 12.7. The molecule has 51 heavy (non-hydrogen) atoms. The molecule has 280 valence electrons. The van der Waals surface area contributed by atoms with Gasteiger partial charge in [-0.2, -0.15) is 5.06 Å². The van der Waals surface area contributed by atoms with Gasteiger partial charge in [0, 0.05) is 5.56 Å². The molecule has 0 fully saturated rings. The number of carbonyl (C=O) groups excluding carboxylic acids is 5. The van der Waals surface area contributed by atoms with Crippen LogP contribution in [-0.4, -0.2) is 82.7 Å². The van der Waals surface area contributed by atoms with E-state index in [0.29, 0.717) is 31.2 Å². The average molecular weight is 717 g/mol. The van der Waals surface area contributed by atoms with Gasteiger partial charge in [-0.3, -0.25) is 24.0 Å². The zero-order valence-electron chi connectivity index (χ0n) is 29.8. The Kier molecular flexibility index (Phi) is 16.1. The van der Waals surface area contributed by atoms with Gasteiger partial charge in [-0.25, -0.2) is 9.59 Å². The number of benzene rings is 1. The number of hydrogen-bond acceptors (Lipinski definition) is 10. The number of carboxylic acid groups (broad SMARTS) is 2. The van der Waals surface area contributed by atoms with Crippen molar-refractivity contribution in [2.45, 2.75) is 92.2 Å². The van der Waals surface area contributed by atoms with Crippen LogP contribution in [-0.2, 0) is 28.8 Å². The SMILES string of the molecule is CCCCC[C@@H](C(=O)NCNC(=O)c1ccc(-c2ccc(C(=O)N[C@@H](CC(=O)O)C(=O)O)c(OCC)c2)o1)[C@@H](CC)N(C=O)OC(=O)C(C)(C)C. The van der Waals surface area contributed by atoms with Gasteiger partial charge in [0.2, 0.25) is 12.3 Å². The molecule has 1 heterocycles. The van der Waals surface area contributed by atoms with E-state index < -0.39 is 65.5 Å². The van der Waals surface area contributed by atoms with E-state index in [0.717, 1.165) is 17.9 Å². The number of nitrogens with one attached hydrogen (secondary N) is 3. The molecule has 1 aromatic heterocycles. The second-order valence-electron chi connectivity index (χ2n) is 12.7. The first-order chi connectivity index (χ1) is 24.1. The van der Waals surface area contributed by atoms with Crippen molar-refractivity contribution in [3.63, 3.8) is 0 Å². The van der Waals surface area contributed by atoms with Crippen molar-refractivity contribution in [2.24, 2.45) is 11.3 Å². The molecular weight excluding hydrogens is 668 g/mol. The predicted molar refractivity (Wildman–Crippen MR) is 182 cm³/mol. The summed E-state index contributed by atoms with van der Waals surface area (Å²) in [5.74, 6) is -6.02. The predicted octanol–water partition coefficient (Wildman–Crippen LogP) is 3.74. The van der Waals surface area contributed by atoms with Crippen molar-refractivity contribution >= 4 is 42.0 Å². The van der Waals surface area contributed by atoms with Crippen LogP contribution < -0.4 is 20.7 Å². The molecule has 0 aliphatic rings. The number of unbranched alkanes of at least 4 members (excludes halogenated alkanes) is 2. The van der Waals surface area contributed by atoms with E-state index in [1.165, 1.54) is 30.3 Å². The zero-order chi connectivity index (χ0) is 38.3. The van der Waals surface area contributed by atoms with Gasteiger partial charge < -0.3 is 40.2 Å². The molecule has 4 amide bonds. The third-order valence-corrected chi connectivity index (χ3v) is 7.70. The number of amides is 4. The lowest BCUT2D eigenvalue weighted by Gasteiger charge is -2.33. The largest absolute Gasteiger partial charge is 0.493 e. The highest BCUT2D eigenvalue weighted by atomic mass is 16.7. The molecule has 16 heteroatoms. The normalized spacial score (nSPS) is 12.8. The number of rotatable bonds is 21. The maximum atomic E-state index is 13.4. The summed E-state index contributed by atoms with van der Waals surface area (Å²) in [6.07, 6.45) is 2.75. The third kappa shape index (κ3) is 12.5. The van der Waals surface area contributed by atoms with E-state index in [9.17, 15) is 38.7 Å². The summed E-state index contributed by atoms with van der Waals surface area (Å²) >= 11 is 0. The lowest BCUT2D eigenvalue weighted by molar-refractivity contribution is -0.211. The fraction of sp³-hybridized carbons (Fsp3) is 0.514. The Bertz CT molecular complexity index is 1550. The molecule has 0 spiro atoms. The van der Waals surface area contributed by atoms with Crippen molar-refractivity contribution in [3.8, 4) is 17.1 Å². The molecule has 5 N–H and O–H groups in total. The molecule has 1 aromatic carbocycles. The Hall–Kier alpha value is -5.41. The number of nitrogens with zero attached hydrogens (tertiary/aromatic N) is 1. The maximum Gasteiger partial charge on any atom is 0.337 e. The first kappa shape index (κ1) is 41.8. The maximum absolute atomic E-state index is 13.4. The average Bonchev–Trinajstić information content (AvgIpc) is 3.57. The topological polar surface area (TPSA) is 231 Å². The fourth-order valence-corrected chi connectivity index (χ4v) is 4.95. The highest BCUT2D eigenvalue weighted by Crippen LogP contribution is 2.29. The highest BCUT2D eigenvalue weighted by Gasteiger charge is 2.35. The van der Waals surface area contributed by atoms with E-state index in [4.69, 9.17) is 19.1 Å². The van der Waals surface area contributed by atoms with E-state index in [-0.39, 0.29) is 36.1 Å². The Balaban J connectivity index is 2.16. The van der Waals surface area contributed by atoms with Gasteiger partial charge >= 0.3 is 17.9 Å². The lowest BCUT2D eigenvalue weighted by Crippen LogP contribution is -2.49. The third-order valence-electron chi connectivity index (χ3n) is 7.70. The summed E-state index contributed by atoms with van der Waals surface area (Å²) in [6.45, 7) is 10.3. The molecule has 3 atom stereocenters. The molecule has 0 saturated carbocycles. The minimum absolute atomic E-state index is 0.0422. The van der Waals surface area contributed by atoms with Crippen LogP contribution in [0.4, 0.5) is 0 Å². The minimum atomic E-state index is -1.66. The fourth-order valence-electron chi connectivity index (χ4n) is 4.95. The Morgan fingerprint density at radius 1 is 0.961 bits per heavy atom. The molecule has 0 saturated heterocycles. The molecule has 16 nitrogen and oxygen atoms in total. The van der Waals surface area contributed by atoms with Gasteiger partial charge in [0.15, 0.2) is 5.76 Å². The Morgan fingerprint density at radius 2 is 1.67 bits per heavy atom. The summed E-state index contributed by atoms with van der Waals surface area (Å²) in [4.78, 5) is 91.4. The number of carbonyl (C=O) groups is 7. The van der Waals surface area contributed by atoms with E-state index in [2.05, 4.69) is 16.0 Å². The first-order valence-corrected chi connectivity index (χ1v) is 16.7. The van der Waals surface area contributed by atoms with Crippen LogP contribution in [0.25, 0.3) is 11.3 Å². The van der Waals surface area contributed by atoms with Crippen LogP contribution in [0.3, 0.4) is 0 Å². The number of aliphatic carboxylic acids is 2. The van der Waals surface area contributed by atoms with Crippen molar-refractivity contribution in [1.82, 2.24) is 21.0 Å². The standard InChI is InChI=1S/C35H48N4O12/c1-7-10-11-12-22(25(8-2)39(20-40)51-34(48)35(4,5)6)30(43)36-19-37-32(45)27-16-15-26(50-27)21-13-14-23(28(17-21)49-9-3)31(44)38-24(33(46)47)18-29(41)42/h13-17,20,22,24-25H,7-12,18-19H2,1-6H3,(H,36,43)(H,37,45)(H,38,44)(H,41,42)(H,46,47)/t22-,24+,25-/m1/s1. The van der Waals surface area contributed by atoms with Crippen LogP contribution in [0.5, 0.6) is 5.75 Å². The number of carboxylic acids is 2. The smallest absolute Gasteiger partial charge is 0.337 e. The molecule has 0 aliphatic carbocycles. The van der Waals surface area contributed by atoms with Crippen molar-refractivity contribution in [1.29, 1.82) is 0 Å². The van der Waals surface area contributed by atoms with E-state index >= 15 is 0 Å². The monoisotopic (exact) mass is 716 g/mol. The summed E-state index contributed by atoms with van der Waals surface area (Å²) in [5.41, 5.74) is -0.506.